The standard InChI is InChI=1S/C22H21FN4O3S/c1-4-27-12(2)24-16-10-13(8-9-17(16)27)21(28)25-26-22(29)20-14(11-30-3)19-15(23)6-5-7-18(19)31-20/h5-10H,4,11H2,1-3H3,(H,25,28)(H,26,29). The molecule has 4 aromatic rings. The van der Waals surface area contributed by atoms with E-state index in [0.29, 0.717) is 26.7 Å². The Bertz CT molecular complexity index is 1310. The molecule has 0 bridgehead atoms. The molecule has 9 heteroatoms. The molecule has 0 radical (unpaired) electrons. The first-order valence-corrected chi connectivity index (χ1v) is 10.5. The van der Waals surface area contributed by atoms with Gasteiger partial charge in [0.15, 0.2) is 0 Å². The number of fused-ring (bicyclic) bond motifs is 2. The Labute approximate surface area is 181 Å². The molecule has 4 rings (SSSR count). The predicted molar refractivity (Wildman–Crippen MR) is 118 cm³/mol. The molecule has 0 aliphatic rings. The molecular weight excluding hydrogens is 419 g/mol. The highest BCUT2D eigenvalue weighted by Gasteiger charge is 2.21. The monoisotopic (exact) mass is 440 g/mol. The normalized spacial score (nSPS) is 11.2. The van der Waals surface area contributed by atoms with Crippen LogP contribution in [0.2, 0.25) is 0 Å². The first-order valence-electron chi connectivity index (χ1n) is 9.71. The minimum absolute atomic E-state index is 0.0771. The van der Waals surface area contributed by atoms with E-state index in [0.717, 1.165) is 29.2 Å². The lowest BCUT2D eigenvalue weighted by molar-refractivity contribution is 0.0847. The number of methoxy groups -OCH3 is 1. The highest BCUT2D eigenvalue weighted by atomic mass is 32.1. The summed E-state index contributed by atoms with van der Waals surface area (Å²) in [6.45, 7) is 4.80. The van der Waals surface area contributed by atoms with Crippen molar-refractivity contribution in [3.63, 3.8) is 0 Å². The zero-order chi connectivity index (χ0) is 22.1. The van der Waals surface area contributed by atoms with Crippen LogP contribution in [0.15, 0.2) is 36.4 Å². The van der Waals surface area contributed by atoms with E-state index in [2.05, 4.69) is 20.4 Å². The van der Waals surface area contributed by atoms with E-state index in [4.69, 9.17) is 4.74 Å². The van der Waals surface area contributed by atoms with Crippen molar-refractivity contribution in [1.29, 1.82) is 0 Å². The maximum absolute atomic E-state index is 14.3. The highest BCUT2D eigenvalue weighted by Crippen LogP contribution is 2.33. The molecule has 0 saturated carbocycles. The van der Waals surface area contributed by atoms with Crippen molar-refractivity contribution < 1.29 is 18.7 Å². The summed E-state index contributed by atoms with van der Waals surface area (Å²) in [5.74, 6) is -0.558. The largest absolute Gasteiger partial charge is 0.380 e. The second-order valence-electron chi connectivity index (χ2n) is 6.97. The number of thiophene rings is 1. The molecule has 31 heavy (non-hydrogen) atoms. The summed E-state index contributed by atoms with van der Waals surface area (Å²) in [6.07, 6.45) is 0. The fraction of sp³-hybridized carbons (Fsp3) is 0.227. The number of ether oxygens (including phenoxy) is 1. The number of aromatic nitrogens is 2. The summed E-state index contributed by atoms with van der Waals surface area (Å²) < 4.78 is 22.2. The Morgan fingerprint density at radius 3 is 2.71 bits per heavy atom. The number of halogens is 1. The third kappa shape index (κ3) is 3.77. The summed E-state index contributed by atoms with van der Waals surface area (Å²) >= 11 is 1.15. The Morgan fingerprint density at radius 2 is 1.97 bits per heavy atom. The number of amides is 2. The van der Waals surface area contributed by atoms with Crippen LogP contribution in [0.3, 0.4) is 0 Å². The van der Waals surface area contributed by atoms with Crippen LogP contribution in [0.25, 0.3) is 21.1 Å². The van der Waals surface area contributed by atoms with Gasteiger partial charge in [-0.15, -0.1) is 11.3 Å². The lowest BCUT2D eigenvalue weighted by Crippen LogP contribution is -2.41. The molecule has 2 N–H and O–H groups in total. The van der Waals surface area contributed by atoms with Gasteiger partial charge in [-0.2, -0.15) is 0 Å². The van der Waals surface area contributed by atoms with Gasteiger partial charge < -0.3 is 9.30 Å². The number of aryl methyl sites for hydroxylation is 2. The molecule has 7 nitrogen and oxygen atoms in total. The SMILES string of the molecule is CCn1c(C)nc2cc(C(=O)NNC(=O)c3sc4cccc(F)c4c3COC)ccc21. The second-order valence-corrected chi connectivity index (χ2v) is 8.02. The number of carbonyl (C=O) groups excluding carboxylic acids is 2. The van der Waals surface area contributed by atoms with E-state index < -0.39 is 17.6 Å². The number of benzene rings is 2. The predicted octanol–water partition coefficient (Wildman–Crippen LogP) is 3.94. The number of hydrazine groups is 1. The van der Waals surface area contributed by atoms with Crippen LogP contribution in [-0.2, 0) is 17.9 Å². The number of imidazole rings is 1. The first kappa shape index (κ1) is 21.0. The second kappa shape index (κ2) is 8.44. The molecule has 0 aliphatic heterocycles. The van der Waals surface area contributed by atoms with Crippen LogP contribution in [-0.4, -0.2) is 28.5 Å². The molecule has 2 heterocycles. The van der Waals surface area contributed by atoms with Crippen LogP contribution >= 0.6 is 11.3 Å². The van der Waals surface area contributed by atoms with E-state index in [9.17, 15) is 14.0 Å². The highest BCUT2D eigenvalue weighted by molar-refractivity contribution is 7.21. The lowest BCUT2D eigenvalue weighted by Gasteiger charge is -2.08. The molecule has 0 fully saturated rings. The minimum atomic E-state index is -0.534. The molecule has 0 saturated heterocycles. The van der Waals surface area contributed by atoms with Crippen LogP contribution in [0, 0.1) is 12.7 Å². The lowest BCUT2D eigenvalue weighted by atomic mass is 10.1. The van der Waals surface area contributed by atoms with Crippen LogP contribution in [0.4, 0.5) is 4.39 Å². The summed E-state index contributed by atoms with van der Waals surface area (Å²) in [5, 5.41) is 0.359. The zero-order valence-corrected chi connectivity index (χ0v) is 18.1. The van der Waals surface area contributed by atoms with Gasteiger partial charge in [-0.05, 0) is 44.2 Å². The molecule has 0 aliphatic carbocycles. The smallest absolute Gasteiger partial charge is 0.280 e. The Kier molecular flexibility index (Phi) is 5.71. The molecular formula is C22H21FN4O3S. The van der Waals surface area contributed by atoms with Crippen molar-refractivity contribution in [3.8, 4) is 0 Å². The molecule has 2 aromatic heterocycles. The summed E-state index contributed by atoms with van der Waals surface area (Å²) in [5.41, 5.74) is 7.32. The molecule has 2 aromatic carbocycles. The number of hydrogen-bond donors (Lipinski definition) is 2. The van der Waals surface area contributed by atoms with Gasteiger partial charge >= 0.3 is 0 Å². The van der Waals surface area contributed by atoms with Crippen molar-refractivity contribution in [2.45, 2.75) is 27.0 Å². The van der Waals surface area contributed by atoms with E-state index in [1.165, 1.54) is 13.2 Å². The van der Waals surface area contributed by atoms with Crippen molar-refractivity contribution in [2.24, 2.45) is 0 Å². The van der Waals surface area contributed by atoms with Crippen molar-refractivity contribution in [3.05, 3.63) is 64.0 Å². The van der Waals surface area contributed by atoms with Gasteiger partial charge in [-0.3, -0.25) is 20.4 Å². The van der Waals surface area contributed by atoms with Crippen molar-refractivity contribution in [1.82, 2.24) is 20.4 Å². The van der Waals surface area contributed by atoms with E-state index in [1.807, 2.05) is 19.9 Å². The van der Waals surface area contributed by atoms with Gasteiger partial charge in [0.25, 0.3) is 11.8 Å². The summed E-state index contributed by atoms with van der Waals surface area (Å²) in [4.78, 5) is 30.1. The minimum Gasteiger partial charge on any atom is -0.380 e. The quantitative estimate of drug-likeness (QED) is 0.461. The number of carbonyl (C=O) groups is 2. The van der Waals surface area contributed by atoms with E-state index >= 15 is 0 Å². The van der Waals surface area contributed by atoms with E-state index in [-0.39, 0.29) is 11.5 Å². The maximum atomic E-state index is 14.3. The van der Waals surface area contributed by atoms with Gasteiger partial charge in [-0.1, -0.05) is 6.07 Å². The van der Waals surface area contributed by atoms with E-state index in [1.54, 1.807) is 24.3 Å². The van der Waals surface area contributed by atoms with Crippen LogP contribution < -0.4 is 10.9 Å². The van der Waals surface area contributed by atoms with Gasteiger partial charge in [0.2, 0.25) is 0 Å². The number of nitrogens with one attached hydrogen (secondary N) is 2. The average molecular weight is 441 g/mol. The summed E-state index contributed by atoms with van der Waals surface area (Å²) in [6, 6.07) is 9.87. The van der Waals surface area contributed by atoms with Gasteiger partial charge in [0.1, 0.15) is 16.5 Å². The van der Waals surface area contributed by atoms with Crippen molar-refractivity contribution >= 4 is 44.3 Å². The zero-order valence-electron chi connectivity index (χ0n) is 17.3. The molecule has 0 unspecified atom stereocenters. The number of rotatable bonds is 5. The van der Waals surface area contributed by atoms with Gasteiger partial charge in [0, 0.05) is 34.9 Å². The third-order valence-corrected chi connectivity index (χ3v) is 6.26. The molecule has 0 spiro atoms. The fourth-order valence-electron chi connectivity index (χ4n) is 3.67. The maximum Gasteiger partial charge on any atom is 0.280 e. The van der Waals surface area contributed by atoms with Crippen LogP contribution in [0.5, 0.6) is 0 Å². The molecule has 0 atom stereocenters. The molecule has 160 valence electrons. The Hall–Kier alpha value is -3.30. The number of hydrogen-bond acceptors (Lipinski definition) is 5. The van der Waals surface area contributed by atoms with Crippen LogP contribution in [0.1, 0.15) is 38.3 Å². The Morgan fingerprint density at radius 1 is 1.19 bits per heavy atom. The number of nitrogens with zero attached hydrogens (tertiary/aromatic N) is 2. The van der Waals surface area contributed by atoms with Crippen molar-refractivity contribution in [2.75, 3.05) is 7.11 Å². The third-order valence-electron chi connectivity index (χ3n) is 5.07. The fourth-order valence-corrected chi connectivity index (χ4v) is 4.78. The average Bonchev–Trinajstić information content (AvgIpc) is 3.29. The topological polar surface area (TPSA) is 85.3 Å². The first-order chi connectivity index (χ1) is 14.9. The van der Waals surface area contributed by atoms with Gasteiger partial charge in [-0.25, -0.2) is 9.37 Å². The molecule has 2 amide bonds. The van der Waals surface area contributed by atoms with Gasteiger partial charge in [0.05, 0.1) is 17.6 Å². The Balaban J connectivity index is 1.55. The summed E-state index contributed by atoms with van der Waals surface area (Å²) in [7, 11) is 1.48.